The molecule has 0 aromatic rings. The van der Waals surface area contributed by atoms with Crippen LogP contribution in [0.25, 0.3) is 0 Å². The number of hydrogen-bond acceptors (Lipinski definition) is 1. The van der Waals surface area contributed by atoms with Gasteiger partial charge in [-0.05, 0) is 19.9 Å². The highest BCUT2D eigenvalue weighted by Crippen LogP contribution is 2.34. The lowest BCUT2D eigenvalue weighted by Crippen LogP contribution is -2.37. The van der Waals surface area contributed by atoms with E-state index in [1.54, 1.807) is 7.05 Å². The highest BCUT2D eigenvalue weighted by Gasteiger charge is 2.42. The predicted octanol–water partition coefficient (Wildman–Crippen LogP) is 1.39. The van der Waals surface area contributed by atoms with E-state index in [2.05, 4.69) is 5.32 Å². The minimum absolute atomic E-state index is 0.0541. The Bertz CT molecular complexity index is 103. The molecule has 1 N–H and O–H groups in total. The van der Waals surface area contributed by atoms with Gasteiger partial charge in [0.1, 0.15) is 0 Å². The van der Waals surface area contributed by atoms with Gasteiger partial charge in [-0.25, -0.2) is 8.78 Å². The normalized spacial score (nSPS) is 33.0. The number of hydrogen-bond donors (Lipinski definition) is 1. The Morgan fingerprint density at radius 2 is 2.22 bits per heavy atom. The summed E-state index contributed by atoms with van der Waals surface area (Å²) in [5, 5.41) is 2.60. The molecule has 9 heavy (non-hydrogen) atoms. The van der Waals surface area contributed by atoms with Crippen LogP contribution in [-0.4, -0.2) is 19.0 Å². The van der Waals surface area contributed by atoms with Gasteiger partial charge in [0.2, 0.25) is 0 Å². The lowest BCUT2D eigenvalue weighted by Gasteiger charge is -2.17. The van der Waals surface area contributed by atoms with Gasteiger partial charge in [0.15, 0.2) is 0 Å². The Morgan fingerprint density at radius 3 is 2.44 bits per heavy atom. The summed E-state index contributed by atoms with van der Waals surface area (Å²) in [6.45, 7) is 0. The maximum Gasteiger partial charge on any atom is 0.263 e. The Hall–Kier alpha value is -0.180. The van der Waals surface area contributed by atoms with E-state index in [0.717, 1.165) is 0 Å². The molecule has 0 saturated heterocycles. The fraction of sp³-hybridized carbons (Fsp3) is 1.00. The van der Waals surface area contributed by atoms with Crippen molar-refractivity contribution in [3.63, 3.8) is 0 Å². The van der Waals surface area contributed by atoms with Gasteiger partial charge < -0.3 is 5.32 Å². The van der Waals surface area contributed by atoms with E-state index in [0.29, 0.717) is 12.8 Å². The van der Waals surface area contributed by atoms with Gasteiger partial charge in [-0.2, -0.15) is 0 Å². The summed E-state index contributed by atoms with van der Waals surface area (Å²) in [5.41, 5.74) is 0. The second kappa shape index (κ2) is 2.21. The third kappa shape index (κ3) is 1.21. The summed E-state index contributed by atoms with van der Waals surface area (Å²) in [6, 6.07) is -0.572. The van der Waals surface area contributed by atoms with Crippen molar-refractivity contribution in [2.24, 2.45) is 0 Å². The van der Waals surface area contributed by atoms with E-state index >= 15 is 0 Å². The molecular weight excluding hydrogens is 124 g/mol. The minimum atomic E-state index is -2.45. The summed E-state index contributed by atoms with van der Waals surface area (Å²) in [7, 11) is 1.59. The van der Waals surface area contributed by atoms with Crippen LogP contribution in [0.1, 0.15) is 19.3 Å². The van der Waals surface area contributed by atoms with Gasteiger partial charge in [-0.15, -0.1) is 0 Å². The third-order valence-electron chi connectivity index (χ3n) is 1.86. The first-order valence-corrected chi connectivity index (χ1v) is 3.22. The molecule has 1 atom stereocenters. The summed E-state index contributed by atoms with van der Waals surface area (Å²) < 4.78 is 25.1. The van der Waals surface area contributed by atoms with Crippen LogP contribution in [0.15, 0.2) is 0 Å². The second-order valence-electron chi connectivity index (χ2n) is 2.49. The molecule has 0 aliphatic heterocycles. The van der Waals surface area contributed by atoms with E-state index in [4.69, 9.17) is 0 Å². The first-order valence-electron chi connectivity index (χ1n) is 3.22. The molecule has 1 nitrogen and oxygen atoms in total. The largest absolute Gasteiger partial charge is 0.312 e. The fourth-order valence-corrected chi connectivity index (χ4v) is 1.28. The van der Waals surface area contributed by atoms with E-state index in [-0.39, 0.29) is 6.42 Å². The molecule has 0 aromatic heterocycles. The van der Waals surface area contributed by atoms with E-state index in [9.17, 15) is 8.78 Å². The molecule has 0 unspecified atom stereocenters. The highest BCUT2D eigenvalue weighted by molar-refractivity contribution is 4.88. The summed E-state index contributed by atoms with van der Waals surface area (Å²) >= 11 is 0. The quantitative estimate of drug-likeness (QED) is 0.573. The molecule has 0 amide bonds. The first-order chi connectivity index (χ1) is 4.17. The van der Waals surface area contributed by atoms with Crippen LogP contribution in [0.4, 0.5) is 8.78 Å². The topological polar surface area (TPSA) is 12.0 Å². The van der Waals surface area contributed by atoms with Gasteiger partial charge in [0.05, 0.1) is 6.04 Å². The molecular formula is C6H11F2N. The van der Waals surface area contributed by atoms with Crippen LogP contribution >= 0.6 is 0 Å². The predicted molar refractivity (Wildman–Crippen MR) is 31.6 cm³/mol. The van der Waals surface area contributed by atoms with Crippen molar-refractivity contribution in [3.8, 4) is 0 Å². The Labute approximate surface area is 53.4 Å². The van der Waals surface area contributed by atoms with Crippen LogP contribution in [-0.2, 0) is 0 Å². The number of nitrogens with one attached hydrogen (secondary N) is 1. The first kappa shape index (κ1) is 6.93. The molecule has 54 valence electrons. The molecule has 1 saturated carbocycles. The molecule has 1 aliphatic carbocycles. The van der Waals surface area contributed by atoms with Gasteiger partial charge in [0.25, 0.3) is 5.92 Å². The lowest BCUT2D eigenvalue weighted by molar-refractivity contribution is -0.0155. The maximum atomic E-state index is 12.5. The summed E-state index contributed by atoms with van der Waals surface area (Å²) in [4.78, 5) is 0. The molecule has 1 fully saturated rings. The van der Waals surface area contributed by atoms with Crippen LogP contribution in [0.3, 0.4) is 0 Å². The van der Waals surface area contributed by atoms with Crippen molar-refractivity contribution in [2.75, 3.05) is 7.05 Å². The van der Waals surface area contributed by atoms with Crippen LogP contribution in [0, 0.1) is 0 Å². The smallest absolute Gasteiger partial charge is 0.263 e. The third-order valence-corrected chi connectivity index (χ3v) is 1.86. The Morgan fingerprint density at radius 1 is 1.56 bits per heavy atom. The summed E-state index contributed by atoms with van der Waals surface area (Å²) in [6.07, 6.45) is 1.32. The van der Waals surface area contributed by atoms with E-state index in [1.165, 1.54) is 0 Å². The molecule has 0 aromatic carbocycles. The molecule has 0 radical (unpaired) electrons. The Balaban J connectivity index is 2.52. The van der Waals surface area contributed by atoms with Crippen molar-refractivity contribution >= 4 is 0 Å². The van der Waals surface area contributed by atoms with Crippen molar-refractivity contribution in [1.29, 1.82) is 0 Å². The van der Waals surface area contributed by atoms with Crippen LogP contribution < -0.4 is 5.32 Å². The highest BCUT2D eigenvalue weighted by atomic mass is 19.3. The van der Waals surface area contributed by atoms with E-state index in [1.807, 2.05) is 0 Å². The Kier molecular flexibility index (Phi) is 1.70. The summed E-state index contributed by atoms with van der Waals surface area (Å²) in [5.74, 6) is -2.45. The lowest BCUT2D eigenvalue weighted by atomic mass is 10.2. The van der Waals surface area contributed by atoms with Gasteiger partial charge in [-0.1, -0.05) is 0 Å². The minimum Gasteiger partial charge on any atom is -0.312 e. The molecule has 1 aliphatic rings. The van der Waals surface area contributed by atoms with Gasteiger partial charge >= 0.3 is 0 Å². The number of alkyl halides is 2. The molecule has 3 heteroatoms. The van der Waals surface area contributed by atoms with Crippen molar-refractivity contribution in [3.05, 3.63) is 0 Å². The molecule has 1 rings (SSSR count). The van der Waals surface area contributed by atoms with Gasteiger partial charge in [0, 0.05) is 6.42 Å². The average Bonchev–Trinajstić information content (AvgIpc) is 2.08. The second-order valence-corrected chi connectivity index (χ2v) is 2.49. The molecule has 0 spiro atoms. The standard InChI is InChI=1S/C6H11F2N/c1-9-5-3-2-4-6(5,7)8/h5,9H,2-4H2,1H3/t5-/m1/s1. The zero-order valence-corrected chi connectivity index (χ0v) is 5.45. The zero-order valence-electron chi connectivity index (χ0n) is 5.45. The molecule has 0 bridgehead atoms. The van der Waals surface area contributed by atoms with Crippen LogP contribution in [0.2, 0.25) is 0 Å². The SMILES string of the molecule is CN[C@@H]1CCCC1(F)F. The van der Waals surface area contributed by atoms with Gasteiger partial charge in [-0.3, -0.25) is 0 Å². The van der Waals surface area contributed by atoms with E-state index < -0.39 is 12.0 Å². The fourth-order valence-electron chi connectivity index (χ4n) is 1.28. The van der Waals surface area contributed by atoms with Crippen molar-refractivity contribution in [2.45, 2.75) is 31.2 Å². The number of halogens is 2. The average molecular weight is 135 g/mol. The van der Waals surface area contributed by atoms with Crippen LogP contribution in [0.5, 0.6) is 0 Å². The maximum absolute atomic E-state index is 12.5. The van der Waals surface area contributed by atoms with Crippen molar-refractivity contribution in [1.82, 2.24) is 5.32 Å². The zero-order chi connectivity index (χ0) is 6.91. The van der Waals surface area contributed by atoms with Crippen molar-refractivity contribution < 1.29 is 8.78 Å². The molecule has 0 heterocycles. The monoisotopic (exact) mass is 135 g/mol. The number of rotatable bonds is 1.